The molecule has 0 bridgehead atoms. The summed E-state index contributed by atoms with van der Waals surface area (Å²) >= 11 is 0. The largest absolute Gasteiger partial charge is 0.454 e. The van der Waals surface area contributed by atoms with E-state index in [4.69, 9.17) is 9.47 Å². The fourth-order valence-electron chi connectivity index (χ4n) is 3.34. The van der Waals surface area contributed by atoms with Gasteiger partial charge >= 0.3 is 0 Å². The average molecular weight is 371 g/mol. The van der Waals surface area contributed by atoms with Crippen molar-refractivity contribution in [2.45, 2.75) is 6.54 Å². The Labute approximate surface area is 157 Å². The zero-order valence-corrected chi connectivity index (χ0v) is 15.0. The number of nitrogens with one attached hydrogen (secondary N) is 1. The van der Waals surface area contributed by atoms with Crippen LogP contribution in [0.3, 0.4) is 0 Å². The Bertz CT molecular complexity index is 805. The Morgan fingerprint density at radius 3 is 2.52 bits per heavy atom. The van der Waals surface area contributed by atoms with Crippen LogP contribution < -0.4 is 19.7 Å². The molecular weight excluding hydrogens is 349 g/mol. The third-order valence-corrected chi connectivity index (χ3v) is 4.87. The summed E-state index contributed by atoms with van der Waals surface area (Å²) in [6, 6.07) is 12.3. The topological polar surface area (TPSA) is 54.0 Å². The van der Waals surface area contributed by atoms with Gasteiger partial charge in [0.15, 0.2) is 11.5 Å². The number of anilines is 1. The Morgan fingerprint density at radius 2 is 1.74 bits per heavy atom. The second-order valence-corrected chi connectivity index (χ2v) is 6.64. The molecule has 1 amide bonds. The number of ether oxygens (including phenoxy) is 2. The van der Waals surface area contributed by atoms with Crippen LogP contribution in [-0.2, 0) is 11.3 Å². The highest BCUT2D eigenvalue weighted by Crippen LogP contribution is 2.32. The van der Waals surface area contributed by atoms with Crippen LogP contribution in [0.15, 0.2) is 42.5 Å². The summed E-state index contributed by atoms with van der Waals surface area (Å²) in [6.45, 7) is 3.99. The molecule has 0 atom stereocenters. The molecule has 0 spiro atoms. The third-order valence-electron chi connectivity index (χ3n) is 4.87. The zero-order chi connectivity index (χ0) is 18.6. The number of amides is 1. The van der Waals surface area contributed by atoms with Gasteiger partial charge in [-0.25, -0.2) is 4.39 Å². The number of nitrogens with zero attached hydrogens (tertiary/aromatic N) is 2. The fourth-order valence-corrected chi connectivity index (χ4v) is 3.34. The number of piperazine rings is 1. The first kappa shape index (κ1) is 17.6. The number of hydrogen-bond donors (Lipinski definition) is 1. The summed E-state index contributed by atoms with van der Waals surface area (Å²) in [5.41, 5.74) is 2.04. The molecule has 142 valence electrons. The number of hydrogen-bond acceptors (Lipinski definition) is 5. The van der Waals surface area contributed by atoms with Crippen LogP contribution in [0.4, 0.5) is 10.1 Å². The van der Waals surface area contributed by atoms with E-state index >= 15 is 0 Å². The van der Waals surface area contributed by atoms with Crippen molar-refractivity contribution < 1.29 is 18.7 Å². The van der Waals surface area contributed by atoms with Gasteiger partial charge in [0.25, 0.3) is 0 Å². The minimum atomic E-state index is -0.235. The summed E-state index contributed by atoms with van der Waals surface area (Å²) in [7, 11) is 0. The van der Waals surface area contributed by atoms with Gasteiger partial charge in [-0.3, -0.25) is 4.79 Å². The molecule has 2 heterocycles. The smallest absolute Gasteiger partial charge is 0.236 e. The maximum Gasteiger partial charge on any atom is 0.236 e. The van der Waals surface area contributed by atoms with Gasteiger partial charge in [0.05, 0.1) is 6.54 Å². The van der Waals surface area contributed by atoms with E-state index in [0.29, 0.717) is 26.2 Å². The molecule has 1 fully saturated rings. The van der Waals surface area contributed by atoms with E-state index in [2.05, 4.69) is 10.2 Å². The molecule has 1 N–H and O–H groups in total. The lowest BCUT2D eigenvalue weighted by Crippen LogP contribution is -2.50. The van der Waals surface area contributed by atoms with Crippen LogP contribution in [0.5, 0.6) is 11.5 Å². The van der Waals surface area contributed by atoms with Crippen LogP contribution >= 0.6 is 0 Å². The zero-order valence-electron chi connectivity index (χ0n) is 15.0. The molecule has 2 aromatic carbocycles. The number of carbonyl (C=O) groups is 1. The maximum absolute atomic E-state index is 13.0. The summed E-state index contributed by atoms with van der Waals surface area (Å²) in [4.78, 5) is 16.5. The van der Waals surface area contributed by atoms with Gasteiger partial charge < -0.3 is 24.6 Å². The van der Waals surface area contributed by atoms with E-state index in [9.17, 15) is 9.18 Å². The Hall–Kier alpha value is -2.80. The minimum absolute atomic E-state index is 0.0921. The molecule has 0 aliphatic carbocycles. The average Bonchev–Trinajstić information content (AvgIpc) is 3.16. The maximum atomic E-state index is 13.0. The number of carbonyl (C=O) groups excluding carboxylic acids is 1. The van der Waals surface area contributed by atoms with Crippen LogP contribution in [0.2, 0.25) is 0 Å². The van der Waals surface area contributed by atoms with E-state index in [1.165, 1.54) is 12.1 Å². The highest BCUT2D eigenvalue weighted by Gasteiger charge is 2.21. The van der Waals surface area contributed by atoms with Gasteiger partial charge in [-0.1, -0.05) is 6.07 Å². The first-order chi connectivity index (χ1) is 13.2. The van der Waals surface area contributed by atoms with Crippen molar-refractivity contribution in [3.8, 4) is 11.5 Å². The third kappa shape index (κ3) is 4.14. The first-order valence-corrected chi connectivity index (χ1v) is 9.06. The van der Waals surface area contributed by atoms with Gasteiger partial charge in [0.1, 0.15) is 5.82 Å². The fraction of sp³-hybridized carbons (Fsp3) is 0.350. The van der Waals surface area contributed by atoms with Crippen LogP contribution in [0, 0.1) is 5.82 Å². The monoisotopic (exact) mass is 371 g/mol. The molecule has 7 heteroatoms. The molecular formula is C20H22FN3O3. The molecule has 6 nitrogen and oxygen atoms in total. The number of benzene rings is 2. The number of halogens is 1. The van der Waals surface area contributed by atoms with Gasteiger partial charge in [-0.05, 0) is 42.0 Å². The van der Waals surface area contributed by atoms with Crippen molar-refractivity contribution in [2.75, 3.05) is 44.4 Å². The van der Waals surface area contributed by atoms with Crippen LogP contribution in [0.25, 0.3) is 0 Å². The quantitative estimate of drug-likeness (QED) is 0.871. The molecule has 27 heavy (non-hydrogen) atoms. The molecule has 4 rings (SSSR count). The molecule has 1 saturated heterocycles. The van der Waals surface area contributed by atoms with E-state index in [1.807, 2.05) is 23.1 Å². The second-order valence-electron chi connectivity index (χ2n) is 6.64. The molecule has 0 radical (unpaired) electrons. The van der Waals surface area contributed by atoms with Crippen molar-refractivity contribution in [1.82, 2.24) is 10.2 Å². The molecule has 2 aliphatic heterocycles. The number of rotatable bonds is 5. The van der Waals surface area contributed by atoms with E-state index in [1.54, 1.807) is 12.1 Å². The number of fused-ring (bicyclic) bond motifs is 1. The molecule has 0 aromatic heterocycles. The SMILES string of the molecule is O=C(CNCc1ccc2c(c1)OCO2)N1CCN(c2ccc(F)cc2)CC1. The molecule has 2 aromatic rings. The van der Waals surface area contributed by atoms with Crippen LogP contribution in [0.1, 0.15) is 5.56 Å². The molecule has 2 aliphatic rings. The predicted octanol–water partition coefficient (Wildman–Crippen LogP) is 1.99. The van der Waals surface area contributed by atoms with Crippen LogP contribution in [-0.4, -0.2) is 50.3 Å². The minimum Gasteiger partial charge on any atom is -0.454 e. The Kier molecular flexibility index (Phi) is 5.11. The lowest BCUT2D eigenvalue weighted by atomic mass is 10.2. The molecule has 0 saturated carbocycles. The van der Waals surface area contributed by atoms with E-state index < -0.39 is 0 Å². The second kappa shape index (κ2) is 7.84. The summed E-state index contributed by atoms with van der Waals surface area (Å²) in [5, 5.41) is 3.20. The highest BCUT2D eigenvalue weighted by atomic mass is 19.1. The lowest BCUT2D eigenvalue weighted by molar-refractivity contribution is -0.130. The van der Waals surface area contributed by atoms with Gasteiger partial charge in [0.2, 0.25) is 12.7 Å². The standard InChI is InChI=1S/C20H22FN3O3/c21-16-2-4-17(5-3-16)23-7-9-24(10-8-23)20(25)13-22-12-15-1-6-18-19(11-15)27-14-26-18/h1-6,11,22H,7-10,12-14H2. The van der Waals surface area contributed by atoms with Crippen molar-refractivity contribution in [1.29, 1.82) is 0 Å². The normalized spacial score (nSPS) is 15.9. The van der Waals surface area contributed by atoms with Crippen molar-refractivity contribution in [3.63, 3.8) is 0 Å². The van der Waals surface area contributed by atoms with Crippen molar-refractivity contribution in [3.05, 3.63) is 53.8 Å². The van der Waals surface area contributed by atoms with Gasteiger partial charge in [0, 0.05) is 38.4 Å². The van der Waals surface area contributed by atoms with Crippen molar-refractivity contribution in [2.24, 2.45) is 0 Å². The Balaban J connectivity index is 1.22. The predicted molar refractivity (Wildman–Crippen MR) is 99.5 cm³/mol. The summed E-state index contributed by atoms with van der Waals surface area (Å²) < 4.78 is 23.7. The van der Waals surface area contributed by atoms with Gasteiger partial charge in [-0.2, -0.15) is 0 Å². The van der Waals surface area contributed by atoms with Crippen molar-refractivity contribution >= 4 is 11.6 Å². The highest BCUT2D eigenvalue weighted by molar-refractivity contribution is 5.78. The lowest BCUT2D eigenvalue weighted by Gasteiger charge is -2.36. The Morgan fingerprint density at radius 1 is 1.00 bits per heavy atom. The summed E-state index contributed by atoms with van der Waals surface area (Å²) in [6.07, 6.45) is 0. The van der Waals surface area contributed by atoms with Gasteiger partial charge in [-0.15, -0.1) is 0 Å². The van der Waals surface area contributed by atoms with E-state index in [-0.39, 0.29) is 18.5 Å². The van der Waals surface area contributed by atoms with E-state index in [0.717, 1.165) is 35.8 Å². The molecule has 0 unspecified atom stereocenters. The summed E-state index contributed by atoms with van der Waals surface area (Å²) in [5.74, 6) is 1.36. The first-order valence-electron chi connectivity index (χ1n) is 9.06.